The predicted molar refractivity (Wildman–Crippen MR) is 104 cm³/mol. The number of cyclic esters (lactones) is 1. The van der Waals surface area contributed by atoms with Crippen molar-refractivity contribution in [3.05, 3.63) is 59.7 Å². The first-order valence-corrected chi connectivity index (χ1v) is 9.80. The molecule has 0 spiro atoms. The third-order valence-electron chi connectivity index (χ3n) is 4.44. The molecule has 1 aliphatic rings. The second-order valence-electron chi connectivity index (χ2n) is 6.10. The Morgan fingerprint density at radius 3 is 2.70 bits per heavy atom. The van der Waals surface area contributed by atoms with Gasteiger partial charge in [-0.05, 0) is 30.0 Å². The minimum absolute atomic E-state index is 0.0550. The molecule has 7 heteroatoms. The largest absolute Gasteiger partial charge is 0.496 e. The molecule has 2 aromatic carbocycles. The molecule has 1 heterocycles. The standard InChI is InChI=1S/C20H22N2O4S/c1-25-18-6-4-3-5-15(18)11-21-19(23)17-13-26-20(24)22(17)12-14-7-9-16(27-2)10-8-14/h3-10,17H,11-13H2,1-2H3,(H,21,23)/t17-/m0/s1. The molecule has 6 nitrogen and oxygen atoms in total. The van der Waals surface area contributed by atoms with Gasteiger partial charge in [-0.15, -0.1) is 11.8 Å². The maximum atomic E-state index is 12.6. The molecule has 1 atom stereocenters. The Morgan fingerprint density at radius 2 is 2.00 bits per heavy atom. The highest BCUT2D eigenvalue weighted by atomic mass is 32.2. The fourth-order valence-corrected chi connectivity index (χ4v) is 3.33. The first-order chi connectivity index (χ1) is 13.1. The molecule has 0 aromatic heterocycles. The number of methoxy groups -OCH3 is 1. The SMILES string of the molecule is COc1ccccc1CNC(=O)[C@@H]1COC(=O)N1Cc1ccc(SC)cc1. The van der Waals surface area contributed by atoms with Crippen molar-refractivity contribution < 1.29 is 19.1 Å². The fraction of sp³-hybridized carbons (Fsp3) is 0.300. The van der Waals surface area contributed by atoms with Gasteiger partial charge in [0.05, 0.1) is 13.7 Å². The number of benzene rings is 2. The van der Waals surface area contributed by atoms with E-state index in [-0.39, 0.29) is 12.5 Å². The summed E-state index contributed by atoms with van der Waals surface area (Å²) in [4.78, 5) is 27.3. The molecule has 1 fully saturated rings. The van der Waals surface area contributed by atoms with Crippen LogP contribution in [0.1, 0.15) is 11.1 Å². The quantitative estimate of drug-likeness (QED) is 0.741. The van der Waals surface area contributed by atoms with Gasteiger partial charge >= 0.3 is 6.09 Å². The fourth-order valence-electron chi connectivity index (χ4n) is 2.92. The smallest absolute Gasteiger partial charge is 0.410 e. The van der Waals surface area contributed by atoms with Crippen LogP contribution in [0.4, 0.5) is 4.79 Å². The first kappa shape index (κ1) is 19.1. The minimum atomic E-state index is -0.646. The zero-order chi connectivity index (χ0) is 19.2. The normalized spacial score (nSPS) is 16.1. The minimum Gasteiger partial charge on any atom is -0.496 e. The van der Waals surface area contributed by atoms with Gasteiger partial charge in [0.25, 0.3) is 0 Å². The summed E-state index contributed by atoms with van der Waals surface area (Å²) in [7, 11) is 1.59. The number of amides is 2. The summed E-state index contributed by atoms with van der Waals surface area (Å²) in [5.74, 6) is 0.467. The van der Waals surface area contributed by atoms with Crippen molar-refractivity contribution in [1.82, 2.24) is 10.2 Å². The van der Waals surface area contributed by atoms with Crippen LogP contribution in [0.15, 0.2) is 53.4 Å². The summed E-state index contributed by atoms with van der Waals surface area (Å²) in [6.07, 6.45) is 1.54. The number of carbonyl (C=O) groups is 2. The van der Waals surface area contributed by atoms with E-state index in [1.165, 1.54) is 4.90 Å². The number of carbonyl (C=O) groups excluding carboxylic acids is 2. The molecule has 1 saturated heterocycles. The summed E-state index contributed by atoms with van der Waals surface area (Å²) >= 11 is 1.65. The summed E-state index contributed by atoms with van der Waals surface area (Å²) in [5.41, 5.74) is 1.83. The molecule has 0 unspecified atom stereocenters. The number of rotatable bonds is 7. The molecular weight excluding hydrogens is 364 g/mol. The molecule has 142 valence electrons. The molecule has 0 bridgehead atoms. The average Bonchev–Trinajstić information content (AvgIpc) is 3.07. The molecule has 3 rings (SSSR count). The van der Waals surface area contributed by atoms with Gasteiger partial charge < -0.3 is 14.8 Å². The summed E-state index contributed by atoms with van der Waals surface area (Å²) in [5, 5.41) is 2.87. The summed E-state index contributed by atoms with van der Waals surface area (Å²) < 4.78 is 10.4. The van der Waals surface area contributed by atoms with Crippen LogP contribution in [0.25, 0.3) is 0 Å². The van der Waals surface area contributed by atoms with Crippen molar-refractivity contribution in [2.45, 2.75) is 24.0 Å². The molecule has 1 N–H and O–H groups in total. The van der Waals surface area contributed by atoms with Crippen LogP contribution in [0.5, 0.6) is 5.75 Å². The lowest BCUT2D eigenvalue weighted by Gasteiger charge is -2.21. The zero-order valence-electron chi connectivity index (χ0n) is 15.3. The van der Waals surface area contributed by atoms with Crippen molar-refractivity contribution in [1.29, 1.82) is 0 Å². The molecule has 1 aliphatic heterocycles. The number of nitrogens with one attached hydrogen (secondary N) is 1. The van der Waals surface area contributed by atoms with Crippen molar-refractivity contribution in [3.63, 3.8) is 0 Å². The molecular formula is C20H22N2O4S. The molecule has 2 amide bonds. The van der Waals surface area contributed by atoms with Gasteiger partial charge in [-0.3, -0.25) is 9.69 Å². The van der Waals surface area contributed by atoms with Crippen LogP contribution in [0, 0.1) is 0 Å². The van der Waals surface area contributed by atoms with E-state index in [0.29, 0.717) is 18.8 Å². The van der Waals surface area contributed by atoms with E-state index >= 15 is 0 Å². The predicted octanol–water partition coefficient (Wildman–Crippen LogP) is 3.05. The monoisotopic (exact) mass is 386 g/mol. The Labute approximate surface area is 162 Å². The van der Waals surface area contributed by atoms with Crippen LogP contribution in [0.2, 0.25) is 0 Å². The number of para-hydroxylation sites is 1. The van der Waals surface area contributed by atoms with E-state index in [1.54, 1.807) is 18.9 Å². The van der Waals surface area contributed by atoms with Gasteiger partial charge in [0.2, 0.25) is 5.91 Å². The first-order valence-electron chi connectivity index (χ1n) is 8.58. The maximum Gasteiger partial charge on any atom is 0.410 e. The number of hydrogen-bond acceptors (Lipinski definition) is 5. The van der Waals surface area contributed by atoms with E-state index in [9.17, 15) is 9.59 Å². The van der Waals surface area contributed by atoms with Crippen molar-refractivity contribution in [2.75, 3.05) is 20.0 Å². The highest BCUT2D eigenvalue weighted by Gasteiger charge is 2.37. The Kier molecular flexibility index (Phi) is 6.24. The van der Waals surface area contributed by atoms with Gasteiger partial charge in [0.1, 0.15) is 18.4 Å². The highest BCUT2D eigenvalue weighted by Crippen LogP contribution is 2.21. The third-order valence-corrected chi connectivity index (χ3v) is 5.18. The Hall–Kier alpha value is -2.67. The van der Waals surface area contributed by atoms with Crippen molar-refractivity contribution >= 4 is 23.8 Å². The van der Waals surface area contributed by atoms with Gasteiger partial charge in [-0.25, -0.2) is 4.79 Å². The second kappa shape index (κ2) is 8.81. The zero-order valence-corrected chi connectivity index (χ0v) is 16.1. The lowest BCUT2D eigenvalue weighted by molar-refractivity contribution is -0.125. The lowest BCUT2D eigenvalue weighted by Crippen LogP contribution is -2.45. The Bertz CT molecular complexity index is 810. The van der Waals surface area contributed by atoms with Crippen molar-refractivity contribution in [3.8, 4) is 5.75 Å². The van der Waals surface area contributed by atoms with E-state index in [1.807, 2.05) is 54.8 Å². The third kappa shape index (κ3) is 4.54. The van der Waals surface area contributed by atoms with Crippen LogP contribution in [0.3, 0.4) is 0 Å². The van der Waals surface area contributed by atoms with Gasteiger partial charge in [0, 0.05) is 17.0 Å². The topological polar surface area (TPSA) is 67.9 Å². The van der Waals surface area contributed by atoms with E-state index in [4.69, 9.17) is 9.47 Å². The van der Waals surface area contributed by atoms with Crippen molar-refractivity contribution in [2.24, 2.45) is 0 Å². The van der Waals surface area contributed by atoms with Gasteiger partial charge in [-0.1, -0.05) is 30.3 Å². The number of thioether (sulfide) groups is 1. The number of nitrogens with zero attached hydrogens (tertiary/aromatic N) is 1. The summed E-state index contributed by atoms with van der Waals surface area (Å²) in [6.45, 7) is 0.712. The van der Waals surface area contributed by atoms with Gasteiger partial charge in [0.15, 0.2) is 0 Å². The Balaban J connectivity index is 1.64. The number of hydrogen-bond donors (Lipinski definition) is 1. The molecule has 27 heavy (non-hydrogen) atoms. The van der Waals surface area contributed by atoms with Crippen LogP contribution < -0.4 is 10.1 Å². The van der Waals surface area contributed by atoms with Crippen LogP contribution in [-0.4, -0.2) is 42.9 Å². The van der Waals surface area contributed by atoms with Crippen LogP contribution in [-0.2, 0) is 22.6 Å². The Morgan fingerprint density at radius 1 is 1.26 bits per heavy atom. The van der Waals surface area contributed by atoms with Crippen LogP contribution >= 0.6 is 11.8 Å². The molecule has 2 aromatic rings. The summed E-state index contributed by atoms with van der Waals surface area (Å²) in [6, 6.07) is 14.8. The van der Waals surface area contributed by atoms with Gasteiger partial charge in [-0.2, -0.15) is 0 Å². The van der Waals surface area contributed by atoms with E-state index in [2.05, 4.69) is 5.32 Å². The molecule has 0 saturated carbocycles. The highest BCUT2D eigenvalue weighted by molar-refractivity contribution is 7.98. The number of ether oxygens (including phenoxy) is 2. The van der Waals surface area contributed by atoms with E-state index in [0.717, 1.165) is 16.0 Å². The second-order valence-corrected chi connectivity index (χ2v) is 6.98. The average molecular weight is 386 g/mol. The lowest BCUT2D eigenvalue weighted by atomic mass is 10.1. The molecule has 0 radical (unpaired) electrons. The molecule has 0 aliphatic carbocycles. The maximum absolute atomic E-state index is 12.6. The van der Waals surface area contributed by atoms with E-state index < -0.39 is 12.1 Å².